The SMILES string of the molecule is COc1c(C)c(Cl)cc(C2CCCCN2)c1C. The quantitative estimate of drug-likeness (QED) is 0.866. The smallest absolute Gasteiger partial charge is 0.126 e. The third-order valence-electron chi connectivity index (χ3n) is 3.64. The minimum absolute atomic E-state index is 0.427. The highest BCUT2D eigenvalue weighted by Gasteiger charge is 2.20. The maximum atomic E-state index is 6.28. The Bertz CT molecular complexity index is 411. The van der Waals surface area contributed by atoms with Crippen molar-refractivity contribution in [2.45, 2.75) is 39.2 Å². The van der Waals surface area contributed by atoms with Gasteiger partial charge in [-0.3, -0.25) is 0 Å². The van der Waals surface area contributed by atoms with Crippen LogP contribution in [0.2, 0.25) is 5.02 Å². The van der Waals surface area contributed by atoms with Crippen LogP contribution in [-0.4, -0.2) is 13.7 Å². The Kier molecular flexibility index (Phi) is 3.95. The monoisotopic (exact) mass is 253 g/mol. The van der Waals surface area contributed by atoms with Crippen molar-refractivity contribution in [3.05, 3.63) is 27.8 Å². The molecule has 1 aromatic rings. The van der Waals surface area contributed by atoms with Gasteiger partial charge in [-0.2, -0.15) is 0 Å². The summed E-state index contributed by atoms with van der Waals surface area (Å²) in [4.78, 5) is 0. The van der Waals surface area contributed by atoms with Gasteiger partial charge in [-0.1, -0.05) is 18.0 Å². The predicted octanol–water partition coefficient (Wildman–Crippen LogP) is 3.78. The molecule has 1 aliphatic heterocycles. The fraction of sp³-hybridized carbons (Fsp3) is 0.571. The molecule has 0 radical (unpaired) electrons. The topological polar surface area (TPSA) is 21.3 Å². The van der Waals surface area contributed by atoms with Crippen molar-refractivity contribution in [3.63, 3.8) is 0 Å². The minimum atomic E-state index is 0.427. The van der Waals surface area contributed by atoms with Gasteiger partial charge in [0.2, 0.25) is 0 Å². The second kappa shape index (κ2) is 5.28. The van der Waals surface area contributed by atoms with Crippen molar-refractivity contribution in [2.75, 3.05) is 13.7 Å². The van der Waals surface area contributed by atoms with Gasteiger partial charge >= 0.3 is 0 Å². The summed E-state index contributed by atoms with van der Waals surface area (Å²) in [6.45, 7) is 5.22. The standard InChI is InChI=1S/C14H20ClNO/c1-9-11(13-6-4-5-7-16-13)8-12(15)10(2)14(9)17-3/h8,13,16H,4-7H2,1-3H3. The normalized spacial score (nSPS) is 20.4. The first kappa shape index (κ1) is 12.7. The van der Waals surface area contributed by atoms with Crippen LogP contribution in [0.25, 0.3) is 0 Å². The summed E-state index contributed by atoms with van der Waals surface area (Å²) < 4.78 is 5.48. The molecule has 3 heteroatoms. The molecule has 17 heavy (non-hydrogen) atoms. The van der Waals surface area contributed by atoms with E-state index in [9.17, 15) is 0 Å². The first-order valence-corrected chi connectivity index (χ1v) is 6.60. The Morgan fingerprint density at radius 2 is 2.06 bits per heavy atom. The molecule has 1 aliphatic rings. The van der Waals surface area contributed by atoms with Gasteiger partial charge in [0, 0.05) is 16.6 Å². The molecule has 0 aromatic heterocycles. The van der Waals surface area contributed by atoms with E-state index in [1.54, 1.807) is 7.11 Å². The van der Waals surface area contributed by atoms with E-state index in [4.69, 9.17) is 16.3 Å². The largest absolute Gasteiger partial charge is 0.496 e. The number of nitrogens with one attached hydrogen (secondary N) is 1. The highest BCUT2D eigenvalue weighted by molar-refractivity contribution is 6.31. The molecule has 2 rings (SSSR count). The molecule has 1 fully saturated rings. The van der Waals surface area contributed by atoms with Crippen LogP contribution in [0.1, 0.15) is 42.0 Å². The molecule has 1 unspecified atom stereocenters. The molecule has 94 valence electrons. The summed E-state index contributed by atoms with van der Waals surface area (Å²) in [6.07, 6.45) is 3.74. The summed E-state index contributed by atoms with van der Waals surface area (Å²) in [5.74, 6) is 0.930. The molecule has 1 saturated heterocycles. The van der Waals surface area contributed by atoms with Gasteiger partial charge in [0.05, 0.1) is 7.11 Å². The number of benzene rings is 1. The number of ether oxygens (including phenoxy) is 1. The fourth-order valence-corrected chi connectivity index (χ4v) is 2.86. The summed E-state index contributed by atoms with van der Waals surface area (Å²) in [7, 11) is 1.71. The highest BCUT2D eigenvalue weighted by atomic mass is 35.5. The van der Waals surface area contributed by atoms with Crippen molar-refractivity contribution < 1.29 is 4.74 Å². The Balaban J connectivity index is 2.42. The van der Waals surface area contributed by atoms with Gasteiger partial charge in [-0.15, -0.1) is 0 Å². The zero-order chi connectivity index (χ0) is 12.4. The lowest BCUT2D eigenvalue weighted by Gasteiger charge is -2.27. The van der Waals surface area contributed by atoms with Crippen molar-refractivity contribution in [1.29, 1.82) is 0 Å². The van der Waals surface area contributed by atoms with Gasteiger partial charge in [0.15, 0.2) is 0 Å². The van der Waals surface area contributed by atoms with Crippen LogP contribution in [-0.2, 0) is 0 Å². The first-order chi connectivity index (χ1) is 8.15. The van der Waals surface area contributed by atoms with E-state index in [1.165, 1.54) is 30.4 Å². The summed E-state index contributed by atoms with van der Waals surface area (Å²) in [5.41, 5.74) is 3.54. The van der Waals surface area contributed by atoms with Crippen LogP contribution in [0.15, 0.2) is 6.07 Å². The van der Waals surface area contributed by atoms with Crippen LogP contribution in [0.4, 0.5) is 0 Å². The molecular weight excluding hydrogens is 234 g/mol. The van der Waals surface area contributed by atoms with E-state index < -0.39 is 0 Å². The molecule has 0 spiro atoms. The molecule has 0 amide bonds. The Morgan fingerprint density at radius 1 is 1.29 bits per heavy atom. The molecule has 0 saturated carbocycles. The number of hydrogen-bond acceptors (Lipinski definition) is 2. The van der Waals surface area contributed by atoms with Crippen molar-refractivity contribution in [1.82, 2.24) is 5.32 Å². The van der Waals surface area contributed by atoms with E-state index in [1.807, 2.05) is 6.92 Å². The third kappa shape index (κ3) is 2.43. The lowest BCUT2D eigenvalue weighted by atomic mass is 9.92. The maximum Gasteiger partial charge on any atom is 0.126 e. The molecule has 1 heterocycles. The molecule has 0 aliphatic carbocycles. The zero-order valence-corrected chi connectivity index (χ0v) is 11.5. The second-order valence-electron chi connectivity index (χ2n) is 4.73. The molecule has 0 bridgehead atoms. The van der Waals surface area contributed by atoms with Gasteiger partial charge < -0.3 is 10.1 Å². The van der Waals surface area contributed by atoms with E-state index >= 15 is 0 Å². The summed E-state index contributed by atoms with van der Waals surface area (Å²) in [6, 6.07) is 2.52. The molecular formula is C14H20ClNO. The first-order valence-electron chi connectivity index (χ1n) is 6.22. The number of methoxy groups -OCH3 is 1. The minimum Gasteiger partial charge on any atom is -0.496 e. The second-order valence-corrected chi connectivity index (χ2v) is 5.14. The number of rotatable bonds is 2. The number of hydrogen-bond donors (Lipinski definition) is 1. The van der Waals surface area contributed by atoms with Crippen molar-refractivity contribution in [2.24, 2.45) is 0 Å². The lowest BCUT2D eigenvalue weighted by molar-refractivity contribution is 0.394. The molecule has 2 nitrogen and oxygen atoms in total. The van der Waals surface area contributed by atoms with Crippen molar-refractivity contribution in [3.8, 4) is 5.75 Å². The van der Waals surface area contributed by atoms with Gasteiger partial charge in [-0.05, 0) is 50.4 Å². The number of piperidine rings is 1. The summed E-state index contributed by atoms with van der Waals surface area (Å²) in [5, 5.41) is 4.36. The van der Waals surface area contributed by atoms with E-state index in [2.05, 4.69) is 18.3 Å². The zero-order valence-electron chi connectivity index (χ0n) is 10.8. The van der Waals surface area contributed by atoms with Crippen LogP contribution in [0.3, 0.4) is 0 Å². The average Bonchev–Trinajstić information content (AvgIpc) is 2.36. The average molecular weight is 254 g/mol. The van der Waals surface area contributed by atoms with E-state index in [0.717, 1.165) is 22.9 Å². The predicted molar refractivity (Wildman–Crippen MR) is 72.1 cm³/mol. The Hall–Kier alpha value is -0.730. The Labute approximate surface area is 108 Å². The van der Waals surface area contributed by atoms with Gasteiger partial charge in [0.1, 0.15) is 5.75 Å². The van der Waals surface area contributed by atoms with E-state index in [0.29, 0.717) is 6.04 Å². The molecule has 1 atom stereocenters. The summed E-state index contributed by atoms with van der Waals surface area (Å²) >= 11 is 6.28. The fourth-order valence-electron chi connectivity index (χ4n) is 2.66. The van der Waals surface area contributed by atoms with Gasteiger partial charge in [-0.25, -0.2) is 0 Å². The van der Waals surface area contributed by atoms with Crippen LogP contribution < -0.4 is 10.1 Å². The van der Waals surface area contributed by atoms with Gasteiger partial charge in [0.25, 0.3) is 0 Å². The molecule has 1 N–H and O–H groups in total. The van der Waals surface area contributed by atoms with Crippen molar-refractivity contribution >= 4 is 11.6 Å². The Morgan fingerprint density at radius 3 is 2.65 bits per heavy atom. The highest BCUT2D eigenvalue weighted by Crippen LogP contribution is 2.36. The lowest BCUT2D eigenvalue weighted by Crippen LogP contribution is -2.27. The van der Waals surface area contributed by atoms with Crippen LogP contribution >= 0.6 is 11.6 Å². The third-order valence-corrected chi connectivity index (χ3v) is 4.04. The molecule has 1 aromatic carbocycles. The number of halogens is 1. The van der Waals surface area contributed by atoms with Crippen LogP contribution in [0, 0.1) is 13.8 Å². The maximum absolute atomic E-state index is 6.28. The van der Waals surface area contributed by atoms with E-state index in [-0.39, 0.29) is 0 Å². The van der Waals surface area contributed by atoms with Crippen LogP contribution in [0.5, 0.6) is 5.75 Å².